The summed E-state index contributed by atoms with van der Waals surface area (Å²) in [7, 11) is 2.08. The van der Waals surface area contributed by atoms with E-state index in [1.54, 1.807) is 0 Å². The molecule has 2 rings (SSSR count). The van der Waals surface area contributed by atoms with Gasteiger partial charge < -0.3 is 5.32 Å². The molecule has 1 aromatic heterocycles. The molecule has 0 spiro atoms. The van der Waals surface area contributed by atoms with Crippen LogP contribution in [-0.2, 0) is 13.0 Å². The highest BCUT2D eigenvalue weighted by Crippen LogP contribution is 2.28. The minimum Gasteiger partial charge on any atom is -0.317 e. The van der Waals surface area contributed by atoms with Crippen LogP contribution in [0.4, 0.5) is 0 Å². The number of hydrogen-bond donors (Lipinski definition) is 1. The van der Waals surface area contributed by atoms with E-state index in [-0.39, 0.29) is 0 Å². The normalized spacial score (nSPS) is 26.0. The van der Waals surface area contributed by atoms with Gasteiger partial charge in [0, 0.05) is 18.8 Å². The highest BCUT2D eigenvalue weighted by Gasteiger charge is 2.25. The zero-order valence-corrected chi connectivity index (χ0v) is 9.74. The van der Waals surface area contributed by atoms with Crippen LogP contribution in [-0.4, -0.2) is 22.9 Å². The second-order valence-electron chi connectivity index (χ2n) is 4.49. The molecule has 0 saturated heterocycles. The third-order valence-electron chi connectivity index (χ3n) is 3.54. The molecule has 1 fully saturated rings. The van der Waals surface area contributed by atoms with Crippen LogP contribution in [0.15, 0.2) is 12.4 Å². The van der Waals surface area contributed by atoms with E-state index >= 15 is 0 Å². The summed E-state index contributed by atoms with van der Waals surface area (Å²) in [6.07, 6.45) is 9.47. The zero-order chi connectivity index (χ0) is 10.7. The molecule has 1 heterocycles. The SMILES string of the molecule is CCn1cc(CC2CCCC2NC)cn1. The van der Waals surface area contributed by atoms with Crippen molar-refractivity contribution in [3.05, 3.63) is 18.0 Å². The second-order valence-corrected chi connectivity index (χ2v) is 4.49. The molecular weight excluding hydrogens is 186 g/mol. The lowest BCUT2D eigenvalue weighted by atomic mass is 9.96. The Labute approximate surface area is 91.9 Å². The fourth-order valence-electron chi connectivity index (χ4n) is 2.65. The van der Waals surface area contributed by atoms with Gasteiger partial charge in [-0.25, -0.2) is 0 Å². The molecule has 1 aliphatic carbocycles. The summed E-state index contributed by atoms with van der Waals surface area (Å²) in [6, 6.07) is 0.718. The monoisotopic (exact) mass is 207 g/mol. The van der Waals surface area contributed by atoms with E-state index in [1.807, 2.05) is 10.9 Å². The highest BCUT2D eigenvalue weighted by atomic mass is 15.3. The van der Waals surface area contributed by atoms with Gasteiger partial charge in [0.05, 0.1) is 6.20 Å². The smallest absolute Gasteiger partial charge is 0.0521 e. The van der Waals surface area contributed by atoms with Gasteiger partial charge in [-0.05, 0) is 44.7 Å². The van der Waals surface area contributed by atoms with E-state index in [9.17, 15) is 0 Å². The van der Waals surface area contributed by atoms with E-state index in [0.29, 0.717) is 0 Å². The quantitative estimate of drug-likeness (QED) is 0.816. The van der Waals surface area contributed by atoms with Crippen molar-refractivity contribution in [2.75, 3.05) is 7.05 Å². The third kappa shape index (κ3) is 2.40. The molecular formula is C12H21N3. The predicted molar refractivity (Wildman–Crippen MR) is 61.8 cm³/mol. The van der Waals surface area contributed by atoms with Crippen LogP contribution >= 0.6 is 0 Å². The first kappa shape index (κ1) is 10.7. The van der Waals surface area contributed by atoms with Crippen molar-refractivity contribution >= 4 is 0 Å². The maximum Gasteiger partial charge on any atom is 0.0521 e. The van der Waals surface area contributed by atoms with Gasteiger partial charge in [0.15, 0.2) is 0 Å². The lowest BCUT2D eigenvalue weighted by Crippen LogP contribution is -2.29. The summed E-state index contributed by atoms with van der Waals surface area (Å²) in [5.41, 5.74) is 1.39. The highest BCUT2D eigenvalue weighted by molar-refractivity contribution is 5.06. The van der Waals surface area contributed by atoms with Crippen molar-refractivity contribution in [1.29, 1.82) is 0 Å². The topological polar surface area (TPSA) is 29.9 Å². The lowest BCUT2D eigenvalue weighted by Gasteiger charge is -2.17. The second kappa shape index (κ2) is 4.79. The molecule has 1 N–H and O–H groups in total. The van der Waals surface area contributed by atoms with E-state index in [4.69, 9.17) is 0 Å². The van der Waals surface area contributed by atoms with Crippen molar-refractivity contribution in [2.45, 2.75) is 45.2 Å². The Bertz CT molecular complexity index is 306. The molecule has 2 atom stereocenters. The molecule has 84 valence electrons. The summed E-state index contributed by atoms with van der Waals surface area (Å²) in [5, 5.41) is 7.75. The maximum atomic E-state index is 4.32. The Morgan fingerprint density at radius 2 is 2.40 bits per heavy atom. The van der Waals surface area contributed by atoms with Crippen molar-refractivity contribution < 1.29 is 0 Å². The van der Waals surface area contributed by atoms with Crippen LogP contribution in [0.3, 0.4) is 0 Å². The van der Waals surface area contributed by atoms with Crippen LogP contribution in [0.5, 0.6) is 0 Å². The van der Waals surface area contributed by atoms with Crippen LogP contribution < -0.4 is 5.32 Å². The van der Waals surface area contributed by atoms with Crippen LogP contribution in [0.25, 0.3) is 0 Å². The Morgan fingerprint density at radius 1 is 1.53 bits per heavy atom. The molecule has 3 heteroatoms. The zero-order valence-electron chi connectivity index (χ0n) is 9.74. The van der Waals surface area contributed by atoms with Gasteiger partial charge in [-0.3, -0.25) is 4.68 Å². The summed E-state index contributed by atoms with van der Waals surface area (Å²) < 4.78 is 2.01. The van der Waals surface area contributed by atoms with Crippen LogP contribution in [0.1, 0.15) is 31.7 Å². The molecule has 0 radical (unpaired) electrons. The Morgan fingerprint density at radius 3 is 3.07 bits per heavy atom. The first-order valence-electron chi connectivity index (χ1n) is 6.02. The molecule has 2 unspecified atom stereocenters. The average Bonchev–Trinajstić information content (AvgIpc) is 2.87. The van der Waals surface area contributed by atoms with Crippen LogP contribution in [0.2, 0.25) is 0 Å². The number of nitrogens with one attached hydrogen (secondary N) is 1. The predicted octanol–water partition coefficient (Wildman–Crippen LogP) is 1.83. The van der Waals surface area contributed by atoms with E-state index in [0.717, 1.165) is 18.5 Å². The van der Waals surface area contributed by atoms with E-state index < -0.39 is 0 Å². The van der Waals surface area contributed by atoms with Crippen molar-refractivity contribution in [2.24, 2.45) is 5.92 Å². The fraction of sp³-hybridized carbons (Fsp3) is 0.750. The molecule has 0 aliphatic heterocycles. The van der Waals surface area contributed by atoms with Gasteiger partial charge >= 0.3 is 0 Å². The van der Waals surface area contributed by atoms with Gasteiger partial charge in [0.25, 0.3) is 0 Å². The third-order valence-corrected chi connectivity index (χ3v) is 3.54. The van der Waals surface area contributed by atoms with Gasteiger partial charge in [0.2, 0.25) is 0 Å². The molecule has 15 heavy (non-hydrogen) atoms. The lowest BCUT2D eigenvalue weighted by molar-refractivity contribution is 0.423. The fourth-order valence-corrected chi connectivity index (χ4v) is 2.65. The van der Waals surface area contributed by atoms with Crippen molar-refractivity contribution in [3.8, 4) is 0 Å². The number of rotatable bonds is 4. The molecule has 1 aromatic rings. The van der Waals surface area contributed by atoms with Gasteiger partial charge in [-0.15, -0.1) is 0 Å². The number of hydrogen-bond acceptors (Lipinski definition) is 2. The summed E-state index contributed by atoms with van der Waals surface area (Å²) in [6.45, 7) is 3.10. The summed E-state index contributed by atoms with van der Waals surface area (Å²) in [4.78, 5) is 0. The first-order chi connectivity index (χ1) is 7.33. The Balaban J connectivity index is 1.95. The molecule has 1 aliphatic rings. The first-order valence-corrected chi connectivity index (χ1v) is 6.02. The molecule has 0 amide bonds. The van der Waals surface area contributed by atoms with Gasteiger partial charge in [-0.1, -0.05) is 6.42 Å². The van der Waals surface area contributed by atoms with Crippen molar-refractivity contribution in [3.63, 3.8) is 0 Å². The average molecular weight is 207 g/mol. The number of aryl methyl sites for hydroxylation is 1. The molecule has 3 nitrogen and oxygen atoms in total. The van der Waals surface area contributed by atoms with E-state index in [1.165, 1.54) is 31.2 Å². The maximum absolute atomic E-state index is 4.32. The minimum absolute atomic E-state index is 0.718. The molecule has 0 bridgehead atoms. The number of nitrogens with zero attached hydrogens (tertiary/aromatic N) is 2. The van der Waals surface area contributed by atoms with E-state index in [2.05, 4.69) is 30.6 Å². The van der Waals surface area contributed by atoms with Crippen molar-refractivity contribution in [1.82, 2.24) is 15.1 Å². The molecule has 0 aromatic carbocycles. The minimum atomic E-state index is 0.718. The van der Waals surface area contributed by atoms with Gasteiger partial charge in [-0.2, -0.15) is 5.10 Å². The van der Waals surface area contributed by atoms with Gasteiger partial charge in [0.1, 0.15) is 0 Å². The standard InChI is InChI=1S/C12H21N3/c1-3-15-9-10(8-14-15)7-11-5-4-6-12(11)13-2/h8-9,11-13H,3-7H2,1-2H3. The summed E-state index contributed by atoms with van der Waals surface area (Å²) >= 11 is 0. The number of aromatic nitrogens is 2. The van der Waals surface area contributed by atoms with Crippen LogP contribution in [0, 0.1) is 5.92 Å². The summed E-state index contributed by atoms with van der Waals surface area (Å²) in [5.74, 6) is 0.810. The largest absolute Gasteiger partial charge is 0.317 e. The Hall–Kier alpha value is -0.830. The Kier molecular flexibility index (Phi) is 3.41. The molecule has 1 saturated carbocycles.